The summed E-state index contributed by atoms with van der Waals surface area (Å²) in [5.74, 6) is 0.0835. The van der Waals surface area contributed by atoms with Crippen LogP contribution in [0, 0.1) is 25.2 Å². The Morgan fingerprint density at radius 2 is 1.94 bits per heavy atom. The molecule has 1 aromatic carbocycles. The molecule has 0 saturated heterocycles. The van der Waals surface area contributed by atoms with E-state index in [2.05, 4.69) is 10.3 Å². The summed E-state index contributed by atoms with van der Waals surface area (Å²) in [6.45, 7) is 3.90. The number of ether oxygens (including phenoxy) is 1. The molecule has 1 N–H and O–H groups in total. The van der Waals surface area contributed by atoms with Gasteiger partial charge in [-0.25, -0.2) is 0 Å². The first-order chi connectivity index (χ1) is 15.4. The Balaban J connectivity index is 1.80. The molecule has 0 bridgehead atoms. The van der Waals surface area contributed by atoms with Crippen LogP contribution in [-0.4, -0.2) is 21.3 Å². The highest BCUT2D eigenvalue weighted by Gasteiger charge is 2.21. The molecule has 1 amide bonds. The third-order valence-corrected chi connectivity index (χ3v) is 5.49. The average molecular weight is 428 g/mol. The minimum atomic E-state index is -0.491. The largest absolute Gasteiger partial charge is 0.438 e. The summed E-state index contributed by atoms with van der Waals surface area (Å²) in [6.07, 6.45) is 6.77. The van der Waals surface area contributed by atoms with Crippen LogP contribution in [0.2, 0.25) is 0 Å². The summed E-state index contributed by atoms with van der Waals surface area (Å²) < 4.78 is 7.37. The van der Waals surface area contributed by atoms with Gasteiger partial charge >= 0.3 is 0 Å². The van der Waals surface area contributed by atoms with Gasteiger partial charge in [-0.15, -0.1) is 0 Å². The zero-order valence-corrected chi connectivity index (χ0v) is 18.1. The second-order valence-corrected chi connectivity index (χ2v) is 8.11. The van der Waals surface area contributed by atoms with Crippen molar-refractivity contribution in [2.45, 2.75) is 45.6 Å². The van der Waals surface area contributed by atoms with Gasteiger partial charge in [0.25, 0.3) is 11.5 Å². The molecule has 1 aliphatic carbocycles. The first-order valence-electron chi connectivity index (χ1n) is 10.6. The number of rotatable bonds is 5. The molecular weight excluding hydrogens is 404 g/mol. The van der Waals surface area contributed by atoms with Gasteiger partial charge in [-0.05, 0) is 68.2 Å². The summed E-state index contributed by atoms with van der Waals surface area (Å²) in [6, 6.07) is 12.9. The van der Waals surface area contributed by atoms with Crippen molar-refractivity contribution >= 4 is 17.6 Å². The highest BCUT2D eigenvalue weighted by Crippen LogP contribution is 2.26. The summed E-state index contributed by atoms with van der Waals surface area (Å²) in [7, 11) is 0. The van der Waals surface area contributed by atoms with Gasteiger partial charge in [-0.2, -0.15) is 10.2 Å². The smallest absolute Gasteiger partial charge is 0.269 e. The normalized spacial score (nSPS) is 14.3. The minimum Gasteiger partial charge on any atom is -0.438 e. The molecule has 32 heavy (non-hydrogen) atoms. The van der Waals surface area contributed by atoms with Gasteiger partial charge in [0.15, 0.2) is 0 Å². The van der Waals surface area contributed by atoms with E-state index in [-0.39, 0.29) is 23.1 Å². The lowest BCUT2D eigenvalue weighted by Crippen LogP contribution is -2.33. The first-order valence-corrected chi connectivity index (χ1v) is 10.6. The Kier molecular flexibility index (Phi) is 6.04. The minimum absolute atomic E-state index is 0.0472. The molecule has 0 atom stereocenters. The van der Waals surface area contributed by atoms with Crippen molar-refractivity contribution in [1.29, 1.82) is 5.26 Å². The lowest BCUT2D eigenvalue weighted by Gasteiger charge is -2.13. The van der Waals surface area contributed by atoms with E-state index < -0.39 is 11.5 Å². The first kappa shape index (κ1) is 21.3. The fraction of sp³-hybridized carbons (Fsp3) is 0.280. The fourth-order valence-corrected chi connectivity index (χ4v) is 4.01. The molecule has 1 saturated carbocycles. The zero-order valence-electron chi connectivity index (χ0n) is 18.1. The number of fused-ring (bicyclic) bond motifs is 1. The number of nitrogens with one attached hydrogen (secondary N) is 1. The molecule has 162 valence electrons. The topological polar surface area (TPSA) is 96.5 Å². The van der Waals surface area contributed by atoms with Crippen molar-refractivity contribution in [2.24, 2.45) is 0 Å². The molecule has 0 radical (unpaired) electrons. The van der Waals surface area contributed by atoms with Crippen LogP contribution in [0.3, 0.4) is 0 Å². The number of amides is 1. The predicted octanol–water partition coefficient (Wildman–Crippen LogP) is 4.07. The van der Waals surface area contributed by atoms with Crippen LogP contribution in [0.25, 0.3) is 11.7 Å². The van der Waals surface area contributed by atoms with Crippen LogP contribution >= 0.6 is 0 Å². The molecule has 2 heterocycles. The molecule has 0 aliphatic heterocycles. The number of nitriles is 1. The molecule has 7 heteroatoms. The standard InChI is InChI=1S/C25H24N4O3/c1-16-11-17(2)13-20(12-16)32-24-21(25(31)29-10-6-5-9-22(29)28-24)14-18(15-26)23(30)27-19-7-3-4-8-19/h5-6,9-14,19H,3-4,7-8H2,1-2H3,(H,27,30). The van der Waals surface area contributed by atoms with Crippen LogP contribution in [0.15, 0.2) is 53.0 Å². The number of pyridine rings is 1. The molecule has 1 fully saturated rings. The molecular formula is C25H24N4O3. The number of hydrogen-bond donors (Lipinski definition) is 1. The molecule has 3 aromatic rings. The number of carbonyl (C=O) groups is 1. The molecule has 0 unspecified atom stereocenters. The number of aromatic nitrogens is 2. The lowest BCUT2D eigenvalue weighted by atomic mass is 10.1. The number of benzene rings is 1. The highest BCUT2D eigenvalue weighted by atomic mass is 16.5. The molecule has 1 aliphatic rings. The Bertz CT molecular complexity index is 1290. The Morgan fingerprint density at radius 1 is 1.22 bits per heavy atom. The van der Waals surface area contributed by atoms with Crippen LogP contribution in [0.4, 0.5) is 0 Å². The maximum absolute atomic E-state index is 13.2. The summed E-state index contributed by atoms with van der Waals surface area (Å²) in [4.78, 5) is 30.4. The van der Waals surface area contributed by atoms with Crippen molar-refractivity contribution in [3.05, 3.63) is 75.2 Å². The van der Waals surface area contributed by atoms with Gasteiger partial charge in [0.1, 0.15) is 28.6 Å². The van der Waals surface area contributed by atoms with Gasteiger partial charge in [0.05, 0.1) is 0 Å². The second-order valence-electron chi connectivity index (χ2n) is 8.11. The quantitative estimate of drug-likeness (QED) is 0.488. The Hall–Kier alpha value is -3.92. The predicted molar refractivity (Wildman–Crippen MR) is 121 cm³/mol. The van der Waals surface area contributed by atoms with Gasteiger partial charge in [-0.3, -0.25) is 14.0 Å². The van der Waals surface area contributed by atoms with Crippen molar-refractivity contribution in [3.63, 3.8) is 0 Å². The summed E-state index contributed by atoms with van der Waals surface area (Å²) >= 11 is 0. The van der Waals surface area contributed by atoms with Crippen molar-refractivity contribution in [2.75, 3.05) is 0 Å². The van der Waals surface area contributed by atoms with E-state index in [0.717, 1.165) is 36.8 Å². The Morgan fingerprint density at radius 3 is 2.62 bits per heavy atom. The Labute approximate surface area is 186 Å². The maximum atomic E-state index is 13.2. The van der Waals surface area contributed by atoms with E-state index in [0.29, 0.717) is 11.4 Å². The van der Waals surface area contributed by atoms with E-state index in [1.165, 1.54) is 10.5 Å². The number of carbonyl (C=O) groups excluding carboxylic acids is 1. The van der Waals surface area contributed by atoms with Gasteiger partial charge < -0.3 is 10.1 Å². The lowest BCUT2D eigenvalue weighted by molar-refractivity contribution is -0.117. The van der Waals surface area contributed by atoms with Crippen molar-refractivity contribution in [1.82, 2.24) is 14.7 Å². The average Bonchev–Trinajstić information content (AvgIpc) is 3.26. The van der Waals surface area contributed by atoms with Crippen molar-refractivity contribution < 1.29 is 9.53 Å². The van der Waals surface area contributed by atoms with E-state index in [1.807, 2.05) is 38.1 Å². The van der Waals surface area contributed by atoms with Crippen LogP contribution < -0.4 is 15.6 Å². The molecule has 2 aromatic heterocycles. The van der Waals surface area contributed by atoms with Crippen LogP contribution in [-0.2, 0) is 4.79 Å². The zero-order chi connectivity index (χ0) is 22.7. The van der Waals surface area contributed by atoms with Gasteiger partial charge in [0, 0.05) is 12.2 Å². The number of hydrogen-bond acceptors (Lipinski definition) is 5. The van der Waals surface area contributed by atoms with Gasteiger partial charge in [0.2, 0.25) is 5.88 Å². The van der Waals surface area contributed by atoms with E-state index in [9.17, 15) is 14.9 Å². The second kappa shape index (κ2) is 9.06. The summed E-state index contributed by atoms with van der Waals surface area (Å²) in [5, 5.41) is 12.5. The molecule has 0 spiro atoms. The molecule has 7 nitrogen and oxygen atoms in total. The fourth-order valence-electron chi connectivity index (χ4n) is 4.01. The summed E-state index contributed by atoms with van der Waals surface area (Å²) in [5.41, 5.74) is 1.88. The van der Waals surface area contributed by atoms with Crippen molar-refractivity contribution in [3.8, 4) is 17.7 Å². The number of aryl methyl sites for hydroxylation is 2. The van der Waals surface area contributed by atoms with E-state index >= 15 is 0 Å². The van der Waals surface area contributed by atoms with Crippen LogP contribution in [0.5, 0.6) is 11.6 Å². The highest BCUT2D eigenvalue weighted by molar-refractivity contribution is 6.02. The van der Waals surface area contributed by atoms with E-state index in [1.54, 1.807) is 24.4 Å². The van der Waals surface area contributed by atoms with Crippen LogP contribution in [0.1, 0.15) is 42.4 Å². The van der Waals surface area contributed by atoms with E-state index in [4.69, 9.17) is 4.74 Å². The number of nitrogens with zero attached hydrogens (tertiary/aromatic N) is 3. The monoisotopic (exact) mass is 428 g/mol. The maximum Gasteiger partial charge on any atom is 0.269 e. The third-order valence-electron chi connectivity index (χ3n) is 5.49. The SMILES string of the molecule is Cc1cc(C)cc(Oc2nc3ccccn3c(=O)c2C=C(C#N)C(=O)NC2CCCC2)c1. The molecule has 4 rings (SSSR count). The third kappa shape index (κ3) is 4.54. The van der Waals surface area contributed by atoms with Gasteiger partial charge in [-0.1, -0.05) is 25.0 Å².